The lowest BCUT2D eigenvalue weighted by atomic mass is 9.99. The quantitative estimate of drug-likeness (QED) is 0.291. The molecule has 11 nitrogen and oxygen atoms in total. The highest BCUT2D eigenvalue weighted by molar-refractivity contribution is 6.30. The van der Waals surface area contributed by atoms with Crippen molar-refractivity contribution in [1.82, 2.24) is 15.5 Å². The number of hydrogen-bond acceptors (Lipinski definition) is 7. The van der Waals surface area contributed by atoms with Crippen molar-refractivity contribution in [2.75, 3.05) is 25.0 Å². The van der Waals surface area contributed by atoms with E-state index in [4.69, 9.17) is 21.1 Å². The molecule has 12 heteroatoms. The van der Waals surface area contributed by atoms with Gasteiger partial charge in [-0.25, -0.2) is 4.79 Å². The van der Waals surface area contributed by atoms with Crippen LogP contribution in [0.15, 0.2) is 66.7 Å². The Morgan fingerprint density at radius 3 is 2.52 bits per heavy atom. The second kappa shape index (κ2) is 14.1. The van der Waals surface area contributed by atoms with Gasteiger partial charge in [-0.2, -0.15) is 0 Å². The number of hydrogen-bond donors (Lipinski definition) is 5. The van der Waals surface area contributed by atoms with Crippen molar-refractivity contribution in [1.29, 1.82) is 0 Å². The Bertz CT molecular complexity index is 1570. The summed E-state index contributed by atoms with van der Waals surface area (Å²) in [4.78, 5) is 42.0. The molecule has 2 saturated heterocycles. The average molecular weight is 649 g/mol. The van der Waals surface area contributed by atoms with Crippen molar-refractivity contribution in [3.8, 4) is 16.9 Å². The van der Waals surface area contributed by atoms with Gasteiger partial charge in [-0.15, -0.1) is 0 Å². The number of aliphatic hydroxyl groups is 2. The fourth-order valence-electron chi connectivity index (χ4n) is 6.18. The van der Waals surface area contributed by atoms with E-state index in [1.165, 1.54) is 4.90 Å². The summed E-state index contributed by atoms with van der Waals surface area (Å²) in [5.74, 6) is -0.385. The zero-order valence-corrected chi connectivity index (χ0v) is 25.9. The number of fused-ring (bicyclic) bond motifs is 5. The number of carbonyl (C=O) groups excluding carboxylic acids is 3. The molecule has 4 amide bonds. The van der Waals surface area contributed by atoms with Crippen molar-refractivity contribution in [2.45, 2.75) is 62.7 Å². The first kappa shape index (κ1) is 31.8. The van der Waals surface area contributed by atoms with Crippen molar-refractivity contribution in [3.63, 3.8) is 0 Å². The van der Waals surface area contributed by atoms with Gasteiger partial charge in [0.05, 0.1) is 31.0 Å². The van der Waals surface area contributed by atoms with E-state index in [0.29, 0.717) is 41.3 Å². The van der Waals surface area contributed by atoms with Gasteiger partial charge in [0, 0.05) is 36.3 Å². The third-order valence-corrected chi connectivity index (χ3v) is 9.00. The van der Waals surface area contributed by atoms with Crippen LogP contribution < -0.4 is 20.7 Å². The number of anilines is 1. The predicted molar refractivity (Wildman–Crippen MR) is 172 cm³/mol. The molecule has 0 aliphatic carbocycles. The summed E-state index contributed by atoms with van der Waals surface area (Å²) in [5, 5.41) is 29.3. The first-order valence-corrected chi connectivity index (χ1v) is 15.9. The largest absolute Gasteiger partial charge is 0.493 e. The van der Waals surface area contributed by atoms with Crippen LogP contribution in [0, 0.1) is 0 Å². The van der Waals surface area contributed by atoms with Gasteiger partial charge in [0.25, 0.3) is 5.91 Å². The van der Waals surface area contributed by atoms with E-state index in [-0.39, 0.29) is 44.7 Å². The molecule has 6 rings (SSSR count). The zero-order chi connectivity index (χ0) is 32.2. The number of carbonyl (C=O) groups is 3. The minimum absolute atomic E-state index is 0.0568. The molecule has 46 heavy (non-hydrogen) atoms. The van der Waals surface area contributed by atoms with Gasteiger partial charge in [-0.1, -0.05) is 41.9 Å². The first-order chi connectivity index (χ1) is 22.3. The average Bonchev–Trinajstić information content (AvgIpc) is 3.49. The van der Waals surface area contributed by atoms with E-state index < -0.39 is 36.2 Å². The van der Waals surface area contributed by atoms with E-state index in [9.17, 15) is 24.6 Å². The number of aliphatic hydroxyl groups excluding tert-OH is 2. The molecule has 0 radical (unpaired) electrons. The number of rotatable bonds is 3. The monoisotopic (exact) mass is 648 g/mol. The van der Waals surface area contributed by atoms with Gasteiger partial charge in [-0.3, -0.25) is 9.59 Å². The van der Waals surface area contributed by atoms with Crippen LogP contribution in [0.5, 0.6) is 5.75 Å². The fourth-order valence-corrected chi connectivity index (χ4v) is 6.31. The maximum atomic E-state index is 13.7. The Morgan fingerprint density at radius 2 is 1.76 bits per heavy atom. The second-order valence-corrected chi connectivity index (χ2v) is 12.3. The molecule has 3 aliphatic heterocycles. The molecular formula is C34H37ClN4O7. The molecule has 2 fully saturated rings. The van der Waals surface area contributed by atoms with Crippen LogP contribution in [0.4, 0.5) is 10.5 Å². The number of urea groups is 1. The summed E-state index contributed by atoms with van der Waals surface area (Å²) in [6.07, 6.45) is 0.302. The van der Waals surface area contributed by atoms with Crippen molar-refractivity contribution >= 4 is 35.1 Å². The molecule has 3 heterocycles. The molecule has 0 saturated carbocycles. The number of ether oxygens (including phenoxy) is 2. The molecule has 4 bridgehead atoms. The van der Waals surface area contributed by atoms with Crippen LogP contribution in [-0.4, -0.2) is 83.1 Å². The van der Waals surface area contributed by atoms with E-state index in [1.54, 1.807) is 30.3 Å². The van der Waals surface area contributed by atoms with Crippen LogP contribution in [0.25, 0.3) is 11.1 Å². The van der Waals surface area contributed by atoms with E-state index in [1.807, 2.05) is 36.4 Å². The third kappa shape index (κ3) is 7.28. The molecule has 0 spiro atoms. The Kier molecular flexibility index (Phi) is 9.74. The highest BCUT2D eigenvalue weighted by atomic mass is 35.5. The summed E-state index contributed by atoms with van der Waals surface area (Å²) in [6, 6.07) is 17.6. The zero-order valence-electron chi connectivity index (χ0n) is 25.2. The Hall–Kier alpha value is -4.16. The topological polar surface area (TPSA) is 149 Å². The molecule has 5 atom stereocenters. The van der Waals surface area contributed by atoms with E-state index in [2.05, 4.69) is 16.0 Å². The summed E-state index contributed by atoms with van der Waals surface area (Å²) in [5.41, 5.74) is 3.36. The molecule has 3 aliphatic rings. The molecule has 5 N–H and O–H groups in total. The van der Waals surface area contributed by atoms with Gasteiger partial charge in [0.1, 0.15) is 17.9 Å². The molecule has 3 aromatic carbocycles. The minimum atomic E-state index is -0.873. The van der Waals surface area contributed by atoms with Gasteiger partial charge in [0.2, 0.25) is 5.91 Å². The SMILES string of the molecule is O=C1N[C@H]2C[C@@H](C(=O)NC[C@H]3O[C@H](CCOc4cc(-c5ccc(CO)cc5)ccc41)CC[C@@H]3O)N(C(=O)Nc1ccc(Cl)cc1)C2. The number of likely N-dealkylation sites (tertiary alicyclic amines) is 1. The van der Waals surface area contributed by atoms with Crippen molar-refractivity contribution < 1.29 is 34.1 Å². The molecule has 0 aromatic heterocycles. The maximum absolute atomic E-state index is 13.7. The van der Waals surface area contributed by atoms with Crippen LogP contribution in [0.2, 0.25) is 5.02 Å². The number of amides is 4. The molecule has 0 unspecified atom stereocenters. The summed E-state index contributed by atoms with van der Waals surface area (Å²) in [7, 11) is 0. The highest BCUT2D eigenvalue weighted by Gasteiger charge is 2.41. The maximum Gasteiger partial charge on any atom is 0.322 e. The first-order valence-electron chi connectivity index (χ1n) is 15.5. The number of halogens is 1. The van der Waals surface area contributed by atoms with Crippen LogP contribution >= 0.6 is 11.6 Å². The molecule has 3 aromatic rings. The number of benzene rings is 3. The van der Waals surface area contributed by atoms with E-state index in [0.717, 1.165) is 16.7 Å². The molecule has 242 valence electrons. The van der Waals surface area contributed by atoms with Crippen molar-refractivity contribution in [3.05, 3.63) is 82.9 Å². The van der Waals surface area contributed by atoms with Gasteiger partial charge < -0.3 is 40.5 Å². The third-order valence-electron chi connectivity index (χ3n) is 8.75. The summed E-state index contributed by atoms with van der Waals surface area (Å²) in [6.45, 7) is 0.397. The number of nitrogens with zero attached hydrogens (tertiary/aromatic N) is 1. The van der Waals surface area contributed by atoms with Gasteiger partial charge in [0.15, 0.2) is 0 Å². The van der Waals surface area contributed by atoms with Gasteiger partial charge >= 0.3 is 6.03 Å². The minimum Gasteiger partial charge on any atom is -0.493 e. The Morgan fingerprint density at radius 1 is 1.00 bits per heavy atom. The predicted octanol–water partition coefficient (Wildman–Crippen LogP) is 3.71. The van der Waals surface area contributed by atoms with Crippen molar-refractivity contribution in [2.24, 2.45) is 0 Å². The standard InChI is InChI=1S/C34H37ClN4O7/c35-23-6-8-24(9-7-23)38-34(44)39-18-25-16-28(39)33(43)36-17-31-29(41)12-10-26(46-31)13-14-45-30-15-22(5-11-27(30)32(42)37-25)21-3-1-20(19-40)2-4-21/h1-9,11,15,25-26,28-29,31,40-41H,10,12-14,16-19H2,(H,36,43)(H,37,42)(H,38,44)/t25-,26-,28-,29-,31+/m0/s1. The Labute approximate surface area is 271 Å². The molecular weight excluding hydrogens is 612 g/mol. The normalized spacial score (nSPS) is 25.1. The lowest BCUT2D eigenvalue weighted by Gasteiger charge is -2.34. The van der Waals surface area contributed by atoms with Crippen LogP contribution in [0.3, 0.4) is 0 Å². The Balaban J connectivity index is 1.28. The number of nitrogens with one attached hydrogen (secondary N) is 3. The van der Waals surface area contributed by atoms with Gasteiger partial charge in [-0.05, 0) is 72.4 Å². The second-order valence-electron chi connectivity index (χ2n) is 11.9. The summed E-state index contributed by atoms with van der Waals surface area (Å²) < 4.78 is 12.4. The van der Waals surface area contributed by atoms with Crippen LogP contribution in [-0.2, 0) is 16.1 Å². The highest BCUT2D eigenvalue weighted by Crippen LogP contribution is 2.30. The lowest BCUT2D eigenvalue weighted by molar-refractivity contribution is -0.133. The summed E-state index contributed by atoms with van der Waals surface area (Å²) >= 11 is 5.99. The fraction of sp³-hybridized carbons (Fsp3) is 0.382. The van der Waals surface area contributed by atoms with E-state index >= 15 is 0 Å². The lowest BCUT2D eigenvalue weighted by Crippen LogP contribution is -2.51. The smallest absolute Gasteiger partial charge is 0.322 e. The van der Waals surface area contributed by atoms with Crippen LogP contribution in [0.1, 0.15) is 41.6 Å².